The molecule has 0 spiro atoms. The van der Waals surface area contributed by atoms with Crippen LogP contribution in [0.2, 0.25) is 0 Å². The van der Waals surface area contributed by atoms with Crippen LogP contribution in [-0.2, 0) is 22.6 Å². The number of benzene rings is 4. The van der Waals surface area contributed by atoms with Gasteiger partial charge in [0.1, 0.15) is 11.8 Å². The van der Waals surface area contributed by atoms with E-state index in [1.54, 1.807) is 4.90 Å². The van der Waals surface area contributed by atoms with Crippen molar-refractivity contribution in [2.75, 3.05) is 6.61 Å². The SMILES string of the molecule is Cc1ccccc1CN(C(=O)COc1cccc2ccccc12)C(Cc1ccccc1)C(=O)NC(C)C. The van der Waals surface area contributed by atoms with Crippen molar-refractivity contribution in [2.24, 2.45) is 0 Å². The first-order valence-corrected chi connectivity index (χ1v) is 12.7. The Kier molecular flexibility index (Phi) is 8.57. The van der Waals surface area contributed by atoms with E-state index in [1.807, 2.05) is 118 Å². The molecule has 0 fully saturated rings. The zero-order chi connectivity index (χ0) is 26.2. The first kappa shape index (κ1) is 26.0. The fourth-order valence-electron chi connectivity index (χ4n) is 4.45. The Balaban J connectivity index is 1.65. The molecular formula is C32H34N2O3. The number of carbonyl (C=O) groups is 2. The molecule has 1 unspecified atom stereocenters. The third-order valence-corrected chi connectivity index (χ3v) is 6.40. The molecule has 0 radical (unpaired) electrons. The smallest absolute Gasteiger partial charge is 0.261 e. The van der Waals surface area contributed by atoms with Gasteiger partial charge in [0.25, 0.3) is 5.91 Å². The molecule has 5 heteroatoms. The lowest BCUT2D eigenvalue weighted by Gasteiger charge is -2.32. The Hall–Kier alpha value is -4.12. The summed E-state index contributed by atoms with van der Waals surface area (Å²) in [5.74, 6) is 0.232. The molecule has 4 rings (SSSR count). The molecule has 0 saturated carbocycles. The summed E-state index contributed by atoms with van der Waals surface area (Å²) in [6.45, 7) is 6.02. The van der Waals surface area contributed by atoms with Crippen LogP contribution in [0.15, 0.2) is 97.1 Å². The number of fused-ring (bicyclic) bond motifs is 1. The van der Waals surface area contributed by atoms with Crippen molar-refractivity contribution in [3.8, 4) is 5.75 Å². The van der Waals surface area contributed by atoms with Gasteiger partial charge in [-0.2, -0.15) is 0 Å². The van der Waals surface area contributed by atoms with Crippen molar-refractivity contribution in [3.05, 3.63) is 114 Å². The largest absolute Gasteiger partial charge is 0.483 e. The van der Waals surface area contributed by atoms with E-state index in [0.717, 1.165) is 27.5 Å². The summed E-state index contributed by atoms with van der Waals surface area (Å²) in [5, 5.41) is 5.01. The summed E-state index contributed by atoms with van der Waals surface area (Å²) in [7, 11) is 0. The Bertz CT molecular complexity index is 1350. The molecular weight excluding hydrogens is 460 g/mol. The summed E-state index contributed by atoms with van der Waals surface area (Å²) in [6, 6.07) is 30.8. The fraction of sp³-hybridized carbons (Fsp3) is 0.250. The summed E-state index contributed by atoms with van der Waals surface area (Å²) in [5.41, 5.74) is 3.05. The van der Waals surface area contributed by atoms with Crippen molar-refractivity contribution in [1.82, 2.24) is 10.2 Å². The molecule has 0 aliphatic carbocycles. The highest BCUT2D eigenvalue weighted by atomic mass is 16.5. The van der Waals surface area contributed by atoms with Gasteiger partial charge in [0.2, 0.25) is 5.91 Å². The quantitative estimate of drug-likeness (QED) is 0.308. The van der Waals surface area contributed by atoms with Crippen LogP contribution in [0, 0.1) is 6.92 Å². The van der Waals surface area contributed by atoms with Gasteiger partial charge >= 0.3 is 0 Å². The predicted octanol–water partition coefficient (Wildman–Crippen LogP) is 5.69. The predicted molar refractivity (Wildman–Crippen MR) is 148 cm³/mol. The Morgan fingerprint density at radius 2 is 1.51 bits per heavy atom. The first-order valence-electron chi connectivity index (χ1n) is 12.7. The van der Waals surface area contributed by atoms with Crippen molar-refractivity contribution in [1.29, 1.82) is 0 Å². The molecule has 1 atom stereocenters. The molecule has 0 saturated heterocycles. The number of aryl methyl sites for hydroxylation is 1. The van der Waals surface area contributed by atoms with Gasteiger partial charge in [-0.15, -0.1) is 0 Å². The molecule has 4 aromatic carbocycles. The molecule has 1 N–H and O–H groups in total. The molecule has 4 aromatic rings. The summed E-state index contributed by atoms with van der Waals surface area (Å²) >= 11 is 0. The standard InChI is InChI=1S/C32H34N2O3/c1-23(2)33-32(36)29(20-25-13-5-4-6-14-25)34(21-27-16-8-7-12-24(27)3)31(35)22-37-30-19-11-17-26-15-9-10-18-28(26)30/h4-19,23,29H,20-22H2,1-3H3,(H,33,36). The van der Waals surface area contributed by atoms with E-state index >= 15 is 0 Å². The Morgan fingerprint density at radius 1 is 0.838 bits per heavy atom. The van der Waals surface area contributed by atoms with E-state index in [9.17, 15) is 9.59 Å². The minimum absolute atomic E-state index is 0.0480. The van der Waals surface area contributed by atoms with Gasteiger partial charge in [0, 0.05) is 24.4 Å². The number of carbonyl (C=O) groups excluding carboxylic acids is 2. The van der Waals surface area contributed by atoms with Crippen LogP contribution in [0.5, 0.6) is 5.75 Å². The van der Waals surface area contributed by atoms with Gasteiger partial charge in [-0.05, 0) is 48.9 Å². The summed E-state index contributed by atoms with van der Waals surface area (Å²) in [4.78, 5) is 29.0. The number of hydrogen-bond donors (Lipinski definition) is 1. The molecule has 0 bridgehead atoms. The normalized spacial score (nSPS) is 11.8. The number of nitrogens with one attached hydrogen (secondary N) is 1. The third-order valence-electron chi connectivity index (χ3n) is 6.40. The van der Waals surface area contributed by atoms with E-state index in [1.165, 1.54) is 0 Å². The van der Waals surface area contributed by atoms with E-state index < -0.39 is 6.04 Å². The van der Waals surface area contributed by atoms with Gasteiger partial charge < -0.3 is 15.0 Å². The molecule has 0 aliphatic heterocycles. The van der Waals surface area contributed by atoms with Crippen molar-refractivity contribution >= 4 is 22.6 Å². The topological polar surface area (TPSA) is 58.6 Å². The Labute approximate surface area is 219 Å². The maximum Gasteiger partial charge on any atom is 0.261 e. The van der Waals surface area contributed by atoms with Crippen molar-refractivity contribution < 1.29 is 14.3 Å². The lowest BCUT2D eigenvalue weighted by molar-refractivity contribution is -0.143. The average molecular weight is 495 g/mol. The van der Waals surface area contributed by atoms with Crippen LogP contribution >= 0.6 is 0 Å². The van der Waals surface area contributed by atoms with Crippen LogP contribution in [0.3, 0.4) is 0 Å². The van der Waals surface area contributed by atoms with Gasteiger partial charge in [0.15, 0.2) is 6.61 Å². The Morgan fingerprint density at radius 3 is 2.27 bits per heavy atom. The van der Waals surface area contributed by atoms with Crippen molar-refractivity contribution in [3.63, 3.8) is 0 Å². The number of ether oxygens (including phenoxy) is 1. The van der Waals surface area contributed by atoms with Crippen LogP contribution in [0.1, 0.15) is 30.5 Å². The highest BCUT2D eigenvalue weighted by molar-refractivity contribution is 5.90. The van der Waals surface area contributed by atoms with Gasteiger partial charge in [-0.25, -0.2) is 0 Å². The minimum Gasteiger partial charge on any atom is -0.483 e. The van der Waals surface area contributed by atoms with E-state index in [2.05, 4.69) is 5.32 Å². The monoisotopic (exact) mass is 494 g/mol. The molecule has 37 heavy (non-hydrogen) atoms. The number of hydrogen-bond acceptors (Lipinski definition) is 3. The zero-order valence-corrected chi connectivity index (χ0v) is 21.7. The lowest BCUT2D eigenvalue weighted by Crippen LogP contribution is -2.52. The molecule has 0 aromatic heterocycles. The summed E-state index contributed by atoms with van der Waals surface area (Å²) < 4.78 is 6.07. The maximum atomic E-state index is 13.8. The molecule has 2 amide bonds. The maximum absolute atomic E-state index is 13.8. The van der Waals surface area contributed by atoms with E-state index in [-0.39, 0.29) is 24.5 Å². The number of amides is 2. The molecule has 190 valence electrons. The zero-order valence-electron chi connectivity index (χ0n) is 21.7. The van der Waals surface area contributed by atoms with Crippen LogP contribution in [0.4, 0.5) is 0 Å². The fourth-order valence-corrected chi connectivity index (χ4v) is 4.45. The van der Waals surface area contributed by atoms with Gasteiger partial charge in [-0.1, -0.05) is 91.0 Å². The number of rotatable bonds is 10. The van der Waals surface area contributed by atoms with Crippen molar-refractivity contribution in [2.45, 2.75) is 45.8 Å². The lowest BCUT2D eigenvalue weighted by atomic mass is 10.0. The second-order valence-electron chi connectivity index (χ2n) is 9.58. The molecule has 0 aliphatic rings. The summed E-state index contributed by atoms with van der Waals surface area (Å²) in [6.07, 6.45) is 0.408. The molecule has 0 heterocycles. The highest BCUT2D eigenvalue weighted by Gasteiger charge is 2.31. The van der Waals surface area contributed by atoms with Crippen LogP contribution < -0.4 is 10.1 Å². The van der Waals surface area contributed by atoms with Gasteiger partial charge in [0.05, 0.1) is 0 Å². The van der Waals surface area contributed by atoms with Crippen LogP contribution in [-0.4, -0.2) is 35.4 Å². The second kappa shape index (κ2) is 12.2. The highest BCUT2D eigenvalue weighted by Crippen LogP contribution is 2.25. The average Bonchev–Trinajstić information content (AvgIpc) is 2.90. The number of nitrogens with zero attached hydrogens (tertiary/aromatic N) is 1. The van der Waals surface area contributed by atoms with E-state index in [4.69, 9.17) is 4.74 Å². The third kappa shape index (κ3) is 6.76. The second-order valence-corrected chi connectivity index (χ2v) is 9.58. The van der Waals surface area contributed by atoms with Gasteiger partial charge in [-0.3, -0.25) is 9.59 Å². The molecule has 5 nitrogen and oxygen atoms in total. The van der Waals surface area contributed by atoms with E-state index in [0.29, 0.717) is 18.7 Å². The van der Waals surface area contributed by atoms with Crippen LogP contribution in [0.25, 0.3) is 10.8 Å². The first-order chi connectivity index (χ1) is 17.9. The minimum atomic E-state index is -0.687.